The third-order valence-electron chi connectivity index (χ3n) is 6.52. The average molecular weight is 513 g/mol. The van der Waals surface area contributed by atoms with Gasteiger partial charge in [0.1, 0.15) is 12.2 Å². The SMILES string of the molecule is Cc1[nH]nc2cc(N(C[C@@H](F)C(C)(C)O)c3ccncc3C(N)=O)c(-c3ccc4cc(C#N)cnn34)cc12. The minimum absolute atomic E-state index is 0.0940. The number of nitrogens with zero attached hydrogens (tertiary/aromatic N) is 6. The number of alkyl halides is 1. The lowest BCUT2D eigenvalue weighted by Crippen LogP contribution is -2.41. The minimum Gasteiger partial charge on any atom is -0.387 e. The molecule has 0 saturated heterocycles. The monoisotopic (exact) mass is 512 g/mol. The van der Waals surface area contributed by atoms with E-state index >= 15 is 4.39 Å². The van der Waals surface area contributed by atoms with Gasteiger partial charge in [-0.05, 0) is 57.2 Å². The van der Waals surface area contributed by atoms with Crippen molar-refractivity contribution in [3.8, 4) is 17.3 Å². The summed E-state index contributed by atoms with van der Waals surface area (Å²) in [5.41, 5.74) is 8.84. The Morgan fingerprint density at radius 2 is 2.05 bits per heavy atom. The largest absolute Gasteiger partial charge is 0.387 e. The molecule has 10 nitrogen and oxygen atoms in total. The standard InChI is InChI=1S/C27H25FN8O2/c1-15-18-9-19(23-5-4-17-8-16(11-29)12-32-36(17)23)24(10-21(18)34-33-15)35(14-25(28)27(2,3)38)22-6-7-31-13-20(22)26(30)37/h4-10,12-13,25,38H,14H2,1-3H3,(H2,30,37)(H,33,34)/t25-/m1/s1. The Morgan fingerprint density at radius 1 is 1.26 bits per heavy atom. The summed E-state index contributed by atoms with van der Waals surface area (Å²) in [6, 6.07) is 12.8. The number of amides is 1. The van der Waals surface area contributed by atoms with E-state index in [0.29, 0.717) is 39.2 Å². The quantitative estimate of drug-likeness (QED) is 0.300. The number of carbonyl (C=O) groups excluding carboxylic acids is 1. The summed E-state index contributed by atoms with van der Waals surface area (Å²) in [7, 11) is 0. The molecule has 0 radical (unpaired) electrons. The van der Waals surface area contributed by atoms with Crippen LogP contribution in [0.15, 0.2) is 55.0 Å². The van der Waals surface area contributed by atoms with E-state index in [2.05, 4.69) is 26.3 Å². The number of H-pyrrole nitrogens is 1. The molecule has 192 valence electrons. The van der Waals surface area contributed by atoms with Crippen LogP contribution in [0.4, 0.5) is 15.8 Å². The molecule has 4 heterocycles. The summed E-state index contributed by atoms with van der Waals surface area (Å²) >= 11 is 0. The van der Waals surface area contributed by atoms with Crippen LogP contribution >= 0.6 is 0 Å². The van der Waals surface area contributed by atoms with Crippen LogP contribution in [0.3, 0.4) is 0 Å². The number of primary amides is 1. The van der Waals surface area contributed by atoms with Gasteiger partial charge < -0.3 is 15.7 Å². The van der Waals surface area contributed by atoms with Crippen molar-refractivity contribution in [1.29, 1.82) is 5.26 Å². The smallest absolute Gasteiger partial charge is 0.252 e. The molecule has 4 aromatic heterocycles. The lowest BCUT2D eigenvalue weighted by atomic mass is 9.99. The number of aryl methyl sites for hydroxylation is 1. The highest BCUT2D eigenvalue weighted by molar-refractivity contribution is 6.01. The second kappa shape index (κ2) is 9.24. The van der Waals surface area contributed by atoms with Crippen molar-refractivity contribution in [3.05, 3.63) is 71.8 Å². The fraction of sp³-hybridized carbons (Fsp3) is 0.222. The number of nitrogens with one attached hydrogen (secondary N) is 1. The number of halogens is 1. The topological polar surface area (TPSA) is 149 Å². The summed E-state index contributed by atoms with van der Waals surface area (Å²) in [5.74, 6) is -0.728. The fourth-order valence-electron chi connectivity index (χ4n) is 4.39. The summed E-state index contributed by atoms with van der Waals surface area (Å²) in [4.78, 5) is 18.0. The van der Waals surface area contributed by atoms with E-state index in [9.17, 15) is 15.2 Å². The molecule has 0 aliphatic carbocycles. The molecule has 38 heavy (non-hydrogen) atoms. The van der Waals surface area contributed by atoms with Crippen LogP contribution in [0, 0.1) is 18.3 Å². The number of rotatable bonds is 7. The van der Waals surface area contributed by atoms with Crippen LogP contribution in [-0.2, 0) is 0 Å². The van der Waals surface area contributed by atoms with E-state index < -0.39 is 17.7 Å². The molecule has 0 fully saturated rings. The molecule has 0 aliphatic rings. The highest BCUT2D eigenvalue weighted by Gasteiger charge is 2.32. The maximum Gasteiger partial charge on any atom is 0.252 e. The van der Waals surface area contributed by atoms with E-state index in [-0.39, 0.29) is 12.1 Å². The first kappa shape index (κ1) is 24.9. The fourth-order valence-corrected chi connectivity index (χ4v) is 4.39. The Kier molecular flexibility index (Phi) is 6.05. The number of hydrogen-bond acceptors (Lipinski definition) is 7. The van der Waals surface area contributed by atoms with Gasteiger partial charge in [0, 0.05) is 29.0 Å². The van der Waals surface area contributed by atoms with Gasteiger partial charge in [0.25, 0.3) is 5.91 Å². The van der Waals surface area contributed by atoms with Gasteiger partial charge in [-0.25, -0.2) is 8.91 Å². The Hall–Kier alpha value is -4.82. The zero-order chi connectivity index (χ0) is 27.2. The molecule has 4 N–H and O–H groups in total. The number of aliphatic hydroxyl groups is 1. The van der Waals surface area contributed by atoms with E-state index in [0.717, 1.165) is 11.1 Å². The van der Waals surface area contributed by atoms with E-state index in [4.69, 9.17) is 5.73 Å². The number of nitriles is 1. The highest BCUT2D eigenvalue weighted by atomic mass is 19.1. The maximum absolute atomic E-state index is 15.5. The van der Waals surface area contributed by atoms with Crippen molar-refractivity contribution in [2.75, 3.05) is 11.4 Å². The van der Waals surface area contributed by atoms with Gasteiger partial charge in [0.2, 0.25) is 0 Å². The molecular formula is C27H25FN8O2. The molecule has 0 bridgehead atoms. The summed E-state index contributed by atoms with van der Waals surface area (Å²) in [5, 5.41) is 32.4. The van der Waals surface area contributed by atoms with Crippen LogP contribution in [0.5, 0.6) is 0 Å². The van der Waals surface area contributed by atoms with E-state index in [1.165, 1.54) is 32.4 Å². The summed E-state index contributed by atoms with van der Waals surface area (Å²) in [6.07, 6.45) is 2.58. The number of carbonyl (C=O) groups is 1. The van der Waals surface area contributed by atoms with E-state index in [1.54, 1.807) is 27.6 Å². The zero-order valence-electron chi connectivity index (χ0n) is 21.0. The van der Waals surface area contributed by atoms with E-state index in [1.807, 2.05) is 25.1 Å². The van der Waals surface area contributed by atoms with Gasteiger partial charge in [-0.2, -0.15) is 15.5 Å². The lowest BCUT2D eigenvalue weighted by molar-refractivity contribution is 0.00146. The number of hydrogen-bond donors (Lipinski definition) is 3. The minimum atomic E-state index is -1.71. The Labute approximate surface area is 217 Å². The average Bonchev–Trinajstić information content (AvgIpc) is 3.48. The molecule has 0 spiro atoms. The normalized spacial score (nSPS) is 12.5. The van der Waals surface area contributed by atoms with Gasteiger partial charge in [-0.15, -0.1) is 0 Å². The molecule has 5 rings (SSSR count). The molecule has 5 aromatic rings. The molecule has 0 saturated carbocycles. The number of fused-ring (bicyclic) bond motifs is 2. The third kappa shape index (κ3) is 4.31. The van der Waals surface area contributed by atoms with Gasteiger partial charge in [0.05, 0.1) is 57.6 Å². The Balaban J connectivity index is 1.82. The number of pyridine rings is 1. The van der Waals surface area contributed by atoms with Gasteiger partial charge in [-0.3, -0.25) is 14.9 Å². The third-order valence-corrected chi connectivity index (χ3v) is 6.52. The van der Waals surface area contributed by atoms with Crippen molar-refractivity contribution in [1.82, 2.24) is 24.8 Å². The number of aromatic nitrogens is 5. The summed E-state index contributed by atoms with van der Waals surface area (Å²) < 4.78 is 17.2. The molecule has 0 unspecified atom stereocenters. The van der Waals surface area contributed by atoms with Gasteiger partial charge in [0.15, 0.2) is 0 Å². The first-order chi connectivity index (χ1) is 18.1. The van der Waals surface area contributed by atoms with Crippen LogP contribution in [0.2, 0.25) is 0 Å². The van der Waals surface area contributed by atoms with Crippen molar-refractivity contribution < 1.29 is 14.3 Å². The first-order valence-corrected chi connectivity index (χ1v) is 11.8. The zero-order valence-corrected chi connectivity index (χ0v) is 21.0. The van der Waals surface area contributed by atoms with Crippen LogP contribution in [0.25, 0.3) is 27.7 Å². The Morgan fingerprint density at radius 3 is 2.76 bits per heavy atom. The molecular weight excluding hydrogens is 487 g/mol. The Bertz CT molecular complexity index is 1730. The molecule has 0 aliphatic heterocycles. The maximum atomic E-state index is 15.5. The van der Waals surface area contributed by atoms with Crippen molar-refractivity contribution in [2.45, 2.75) is 32.5 Å². The highest BCUT2D eigenvalue weighted by Crippen LogP contribution is 2.40. The molecule has 1 aromatic carbocycles. The van der Waals surface area contributed by atoms with Gasteiger partial charge >= 0.3 is 0 Å². The predicted octanol–water partition coefficient (Wildman–Crippen LogP) is 3.80. The summed E-state index contributed by atoms with van der Waals surface area (Å²) in [6.45, 7) is 4.36. The van der Waals surface area contributed by atoms with Crippen LogP contribution in [0.1, 0.15) is 35.5 Å². The van der Waals surface area contributed by atoms with Crippen LogP contribution in [-0.4, -0.2) is 54.1 Å². The molecule has 1 atom stereocenters. The second-order valence-corrected chi connectivity index (χ2v) is 9.64. The lowest BCUT2D eigenvalue weighted by Gasteiger charge is -2.33. The first-order valence-electron chi connectivity index (χ1n) is 11.8. The number of nitrogens with two attached hydrogens (primary N) is 1. The van der Waals surface area contributed by atoms with Crippen molar-refractivity contribution in [2.24, 2.45) is 5.73 Å². The number of anilines is 2. The molecule has 1 amide bonds. The predicted molar refractivity (Wildman–Crippen MR) is 141 cm³/mol. The van der Waals surface area contributed by atoms with Crippen LogP contribution < -0.4 is 10.6 Å². The molecule has 11 heteroatoms. The number of aromatic amines is 1. The number of benzene rings is 1. The van der Waals surface area contributed by atoms with Crippen molar-refractivity contribution in [3.63, 3.8) is 0 Å². The van der Waals surface area contributed by atoms with Crippen molar-refractivity contribution >= 4 is 33.7 Å². The van der Waals surface area contributed by atoms with Gasteiger partial charge in [-0.1, -0.05) is 0 Å². The second-order valence-electron chi connectivity index (χ2n) is 9.64.